The van der Waals surface area contributed by atoms with Crippen LogP contribution in [0.5, 0.6) is 5.75 Å². The average Bonchev–Trinajstić information content (AvgIpc) is 3.33. The lowest BCUT2D eigenvalue weighted by Crippen LogP contribution is -2.25. The number of hydrogen-bond acceptors (Lipinski definition) is 5. The molecular formula is C32H42N4O2. The smallest absolute Gasteiger partial charge is 0.141 e. The molecule has 0 aliphatic heterocycles. The summed E-state index contributed by atoms with van der Waals surface area (Å²) in [5.41, 5.74) is 8.48. The Morgan fingerprint density at radius 2 is 1.66 bits per heavy atom. The van der Waals surface area contributed by atoms with Gasteiger partial charge >= 0.3 is 0 Å². The van der Waals surface area contributed by atoms with Crippen molar-refractivity contribution in [3.05, 3.63) is 78.4 Å². The van der Waals surface area contributed by atoms with Crippen LogP contribution in [0.1, 0.15) is 45.6 Å². The third-order valence-corrected chi connectivity index (χ3v) is 6.91. The number of fused-ring (bicyclic) bond motifs is 1. The van der Waals surface area contributed by atoms with E-state index in [0.29, 0.717) is 6.61 Å². The van der Waals surface area contributed by atoms with Crippen LogP contribution in [0.25, 0.3) is 22.4 Å². The number of nitrogens with zero attached hydrogens (tertiary/aromatic N) is 3. The maximum absolute atomic E-state index is 6.13. The standard InChI is InChI=1S/C32H42N4O2/c1-4-7-22-36-31-25-29(37-23-11-21-35(5-2)6-3)18-19-30(31)33-32(36)27-14-16-28(17-15-27)34-38-24-20-26-12-9-8-10-13-26/h8-10,12-19,25,34H,4-7,11,20-24H2,1-3H3. The highest BCUT2D eigenvalue weighted by atomic mass is 16.6. The summed E-state index contributed by atoms with van der Waals surface area (Å²) < 4.78 is 8.46. The van der Waals surface area contributed by atoms with Crippen LogP contribution in [0.3, 0.4) is 0 Å². The van der Waals surface area contributed by atoms with Gasteiger partial charge in [0.25, 0.3) is 0 Å². The molecule has 4 aromatic rings. The monoisotopic (exact) mass is 514 g/mol. The minimum absolute atomic E-state index is 0.610. The maximum atomic E-state index is 6.13. The number of benzene rings is 3. The van der Waals surface area contributed by atoms with Gasteiger partial charge in [-0.15, -0.1) is 0 Å². The van der Waals surface area contributed by atoms with Crippen LogP contribution in [0.4, 0.5) is 5.69 Å². The largest absolute Gasteiger partial charge is 0.493 e. The normalized spacial score (nSPS) is 11.4. The molecule has 4 rings (SSSR count). The van der Waals surface area contributed by atoms with E-state index >= 15 is 0 Å². The predicted molar refractivity (Wildman–Crippen MR) is 158 cm³/mol. The SMILES string of the molecule is CCCCn1c(-c2ccc(NOCCc3ccccc3)cc2)nc2ccc(OCCCN(CC)CC)cc21. The van der Waals surface area contributed by atoms with Crippen LogP contribution in [-0.4, -0.2) is 47.3 Å². The van der Waals surface area contributed by atoms with Gasteiger partial charge in [-0.2, -0.15) is 0 Å². The number of unbranched alkanes of at least 4 members (excludes halogenated alkanes) is 1. The zero-order valence-electron chi connectivity index (χ0n) is 23.2. The van der Waals surface area contributed by atoms with Gasteiger partial charge in [-0.25, -0.2) is 4.98 Å². The zero-order chi connectivity index (χ0) is 26.6. The molecule has 0 saturated carbocycles. The molecule has 0 fully saturated rings. The lowest BCUT2D eigenvalue weighted by molar-refractivity contribution is 0.197. The fourth-order valence-corrected chi connectivity index (χ4v) is 4.61. The number of imidazole rings is 1. The fourth-order valence-electron chi connectivity index (χ4n) is 4.61. The van der Waals surface area contributed by atoms with Gasteiger partial charge in [-0.1, -0.05) is 57.5 Å². The number of aromatic nitrogens is 2. The van der Waals surface area contributed by atoms with Crippen molar-refractivity contribution in [2.24, 2.45) is 0 Å². The maximum Gasteiger partial charge on any atom is 0.141 e. The summed E-state index contributed by atoms with van der Waals surface area (Å²) in [6.45, 7) is 12.1. The van der Waals surface area contributed by atoms with Gasteiger partial charge < -0.3 is 14.2 Å². The van der Waals surface area contributed by atoms with Crippen molar-refractivity contribution in [1.82, 2.24) is 14.5 Å². The molecule has 0 atom stereocenters. The molecule has 202 valence electrons. The van der Waals surface area contributed by atoms with Crippen molar-refractivity contribution in [2.45, 2.75) is 53.0 Å². The van der Waals surface area contributed by atoms with E-state index in [2.05, 4.69) is 84.2 Å². The molecular weight excluding hydrogens is 472 g/mol. The number of rotatable bonds is 16. The van der Waals surface area contributed by atoms with E-state index in [1.165, 1.54) is 5.56 Å². The predicted octanol–water partition coefficient (Wildman–Crippen LogP) is 7.20. The second-order valence-corrected chi connectivity index (χ2v) is 9.58. The topological polar surface area (TPSA) is 51.6 Å². The van der Waals surface area contributed by atoms with Crippen molar-refractivity contribution in [3.8, 4) is 17.1 Å². The van der Waals surface area contributed by atoms with Crippen LogP contribution >= 0.6 is 0 Å². The Morgan fingerprint density at radius 1 is 0.868 bits per heavy atom. The van der Waals surface area contributed by atoms with Gasteiger partial charge in [-0.05, 0) is 74.3 Å². The lowest BCUT2D eigenvalue weighted by Gasteiger charge is -2.17. The van der Waals surface area contributed by atoms with E-state index in [0.717, 1.165) is 92.3 Å². The van der Waals surface area contributed by atoms with E-state index < -0.39 is 0 Å². The van der Waals surface area contributed by atoms with Crippen molar-refractivity contribution in [2.75, 3.05) is 38.3 Å². The molecule has 6 nitrogen and oxygen atoms in total. The van der Waals surface area contributed by atoms with E-state index in [9.17, 15) is 0 Å². The molecule has 38 heavy (non-hydrogen) atoms. The summed E-state index contributed by atoms with van der Waals surface area (Å²) in [6.07, 6.45) is 4.12. The third-order valence-electron chi connectivity index (χ3n) is 6.91. The van der Waals surface area contributed by atoms with E-state index in [4.69, 9.17) is 14.6 Å². The van der Waals surface area contributed by atoms with Gasteiger partial charge in [0.15, 0.2) is 0 Å². The first-order chi connectivity index (χ1) is 18.7. The van der Waals surface area contributed by atoms with Gasteiger partial charge in [0.05, 0.1) is 29.9 Å². The van der Waals surface area contributed by atoms with Crippen molar-refractivity contribution in [1.29, 1.82) is 0 Å². The molecule has 0 saturated heterocycles. The molecule has 1 N–H and O–H groups in total. The first-order valence-electron chi connectivity index (χ1n) is 14.1. The lowest BCUT2D eigenvalue weighted by atomic mass is 10.2. The van der Waals surface area contributed by atoms with E-state index in [-0.39, 0.29) is 0 Å². The van der Waals surface area contributed by atoms with Crippen LogP contribution in [0.2, 0.25) is 0 Å². The molecule has 1 aromatic heterocycles. The van der Waals surface area contributed by atoms with Gasteiger partial charge in [0, 0.05) is 24.7 Å². The van der Waals surface area contributed by atoms with Crippen LogP contribution in [-0.2, 0) is 17.8 Å². The fraction of sp³-hybridized carbons (Fsp3) is 0.406. The number of aryl methyl sites for hydroxylation is 1. The Bertz CT molecular complexity index is 1230. The Labute approximate surface area is 227 Å². The first kappa shape index (κ1) is 27.7. The number of ether oxygens (including phenoxy) is 1. The first-order valence-corrected chi connectivity index (χ1v) is 14.1. The molecule has 0 radical (unpaired) electrons. The number of anilines is 1. The quantitative estimate of drug-likeness (QED) is 0.127. The summed E-state index contributed by atoms with van der Waals surface area (Å²) in [5, 5.41) is 0. The average molecular weight is 515 g/mol. The third kappa shape index (κ3) is 7.59. The number of nitrogens with one attached hydrogen (secondary N) is 1. The highest BCUT2D eigenvalue weighted by Gasteiger charge is 2.14. The second kappa shape index (κ2) is 14.6. The summed E-state index contributed by atoms with van der Waals surface area (Å²) in [7, 11) is 0. The molecule has 3 aromatic carbocycles. The summed E-state index contributed by atoms with van der Waals surface area (Å²) in [5.74, 6) is 1.90. The molecule has 1 heterocycles. The minimum atomic E-state index is 0.610. The highest BCUT2D eigenvalue weighted by Crippen LogP contribution is 2.29. The van der Waals surface area contributed by atoms with Gasteiger partial charge in [0.2, 0.25) is 0 Å². The molecule has 0 spiro atoms. The zero-order valence-corrected chi connectivity index (χ0v) is 23.2. The highest BCUT2D eigenvalue weighted by molar-refractivity contribution is 5.82. The van der Waals surface area contributed by atoms with Gasteiger partial charge in [0.1, 0.15) is 11.6 Å². The Hall–Kier alpha value is -3.35. The van der Waals surface area contributed by atoms with Gasteiger partial charge in [-0.3, -0.25) is 10.3 Å². The molecule has 0 bridgehead atoms. The Morgan fingerprint density at radius 3 is 2.39 bits per heavy atom. The Kier molecular flexibility index (Phi) is 10.6. The van der Waals surface area contributed by atoms with Crippen LogP contribution in [0, 0.1) is 0 Å². The molecule has 0 amide bonds. The van der Waals surface area contributed by atoms with Crippen molar-refractivity contribution < 1.29 is 9.57 Å². The molecule has 0 aliphatic carbocycles. The molecule has 0 aliphatic rings. The summed E-state index contributed by atoms with van der Waals surface area (Å²) in [4.78, 5) is 13.1. The second-order valence-electron chi connectivity index (χ2n) is 9.58. The van der Waals surface area contributed by atoms with E-state index in [1.807, 2.05) is 24.3 Å². The summed E-state index contributed by atoms with van der Waals surface area (Å²) in [6, 6.07) is 25.0. The summed E-state index contributed by atoms with van der Waals surface area (Å²) >= 11 is 0. The molecule has 6 heteroatoms. The van der Waals surface area contributed by atoms with Crippen molar-refractivity contribution >= 4 is 16.7 Å². The van der Waals surface area contributed by atoms with Crippen molar-refractivity contribution in [3.63, 3.8) is 0 Å². The van der Waals surface area contributed by atoms with Crippen LogP contribution < -0.4 is 10.2 Å². The Balaban J connectivity index is 1.41. The van der Waals surface area contributed by atoms with Crippen LogP contribution in [0.15, 0.2) is 72.8 Å². The van der Waals surface area contributed by atoms with E-state index in [1.54, 1.807) is 0 Å². The number of hydrogen-bond donors (Lipinski definition) is 1. The molecule has 0 unspecified atom stereocenters. The minimum Gasteiger partial charge on any atom is -0.493 e.